The summed E-state index contributed by atoms with van der Waals surface area (Å²) in [7, 11) is 0. The van der Waals surface area contributed by atoms with Crippen LogP contribution in [0.25, 0.3) is 0 Å². The Hall–Kier alpha value is -1.67. The quantitative estimate of drug-likeness (QED) is 0.475. The number of nitrogens with zero attached hydrogens (tertiary/aromatic N) is 2. The first-order valence-electron chi connectivity index (χ1n) is 9.88. The number of carbonyl (C=O) groups is 1. The molecule has 0 saturated carbocycles. The third-order valence-corrected chi connectivity index (χ3v) is 8.27. The van der Waals surface area contributed by atoms with E-state index in [0.29, 0.717) is 6.54 Å². The molecule has 1 unspecified atom stereocenters. The molecule has 0 radical (unpaired) electrons. The van der Waals surface area contributed by atoms with Crippen molar-refractivity contribution in [1.82, 2.24) is 15.2 Å². The van der Waals surface area contributed by atoms with Gasteiger partial charge in [0.2, 0.25) is 0 Å². The zero-order chi connectivity index (χ0) is 20.1. The molecule has 2 aromatic heterocycles. The number of rotatable bonds is 8. The fourth-order valence-electron chi connectivity index (χ4n) is 3.53. The number of nitrogens with one attached hydrogen (secondary N) is 1. The molecule has 29 heavy (non-hydrogen) atoms. The Labute approximate surface area is 184 Å². The number of thioether (sulfide) groups is 1. The lowest BCUT2D eigenvalue weighted by atomic mass is 10.1. The highest BCUT2D eigenvalue weighted by Gasteiger charge is 2.24. The minimum Gasteiger partial charge on any atom is -0.350 e. The first-order chi connectivity index (χ1) is 14.2. The fourth-order valence-corrected chi connectivity index (χ4v) is 6.20. The molecule has 1 saturated heterocycles. The summed E-state index contributed by atoms with van der Waals surface area (Å²) in [5, 5.41) is 7.34. The number of hydrogen-bond acceptors (Lipinski definition) is 6. The molecule has 1 atom stereocenters. The van der Waals surface area contributed by atoms with Crippen molar-refractivity contribution >= 4 is 40.3 Å². The molecule has 3 aromatic rings. The normalized spacial score (nSPS) is 15.5. The van der Waals surface area contributed by atoms with Crippen molar-refractivity contribution in [2.24, 2.45) is 0 Å². The van der Waals surface area contributed by atoms with Gasteiger partial charge in [0.25, 0.3) is 5.91 Å². The van der Waals surface area contributed by atoms with Crippen LogP contribution >= 0.6 is 34.4 Å². The van der Waals surface area contributed by atoms with Crippen LogP contribution in [0.4, 0.5) is 0 Å². The molecule has 1 fully saturated rings. The summed E-state index contributed by atoms with van der Waals surface area (Å²) in [4.78, 5) is 21.0. The van der Waals surface area contributed by atoms with Crippen molar-refractivity contribution in [2.45, 2.75) is 35.9 Å². The zero-order valence-electron chi connectivity index (χ0n) is 16.5. The average molecular weight is 444 g/mol. The number of carbonyl (C=O) groups excluding carboxylic acids is 1. The van der Waals surface area contributed by atoms with E-state index in [1.807, 2.05) is 31.2 Å². The van der Waals surface area contributed by atoms with Crippen LogP contribution in [0.5, 0.6) is 0 Å². The van der Waals surface area contributed by atoms with Crippen molar-refractivity contribution in [3.8, 4) is 0 Å². The first kappa shape index (κ1) is 20.6. The first-order valence-corrected chi connectivity index (χ1v) is 12.6. The molecule has 1 amide bonds. The molecular weight excluding hydrogens is 418 g/mol. The van der Waals surface area contributed by atoms with E-state index in [4.69, 9.17) is 0 Å². The predicted molar refractivity (Wildman–Crippen MR) is 123 cm³/mol. The Balaban J connectivity index is 1.32. The number of thiophene rings is 1. The highest BCUT2D eigenvalue weighted by atomic mass is 32.2. The van der Waals surface area contributed by atoms with Gasteiger partial charge in [-0.1, -0.05) is 30.0 Å². The number of amides is 1. The van der Waals surface area contributed by atoms with Crippen molar-refractivity contribution in [1.29, 1.82) is 0 Å². The Bertz CT molecular complexity index is 915. The molecule has 3 heterocycles. The van der Waals surface area contributed by atoms with Gasteiger partial charge >= 0.3 is 0 Å². The third kappa shape index (κ3) is 5.48. The fraction of sp³-hybridized carbons (Fsp3) is 0.364. The number of aryl methyl sites for hydroxylation is 1. The number of hydrogen-bond donors (Lipinski definition) is 1. The molecule has 0 spiro atoms. The number of likely N-dealkylation sites (tertiary alicyclic amines) is 1. The maximum atomic E-state index is 12.7. The average Bonchev–Trinajstić information content (AvgIpc) is 3.50. The minimum atomic E-state index is 0.000467. The Morgan fingerprint density at radius 1 is 1.21 bits per heavy atom. The van der Waals surface area contributed by atoms with Gasteiger partial charge in [-0.25, -0.2) is 4.98 Å². The highest BCUT2D eigenvalue weighted by Crippen LogP contribution is 2.28. The van der Waals surface area contributed by atoms with Crippen molar-refractivity contribution in [2.75, 3.05) is 19.6 Å². The van der Waals surface area contributed by atoms with Gasteiger partial charge in [0.1, 0.15) is 4.34 Å². The molecule has 4 rings (SSSR count). The molecule has 152 valence electrons. The summed E-state index contributed by atoms with van der Waals surface area (Å²) < 4.78 is 1.09. The standard InChI is InChI=1S/C22H25N3OS3/c1-16-14-28-22(24-16)29-15-17-6-8-18(9-7-17)21(26)23-13-19(20-5-4-12-27-20)25-10-2-3-11-25/h4-9,12,14,19H,2-3,10-11,13,15H2,1H3,(H,23,26). The lowest BCUT2D eigenvalue weighted by Crippen LogP contribution is -2.36. The van der Waals surface area contributed by atoms with Gasteiger partial charge in [-0.3, -0.25) is 9.69 Å². The van der Waals surface area contributed by atoms with Gasteiger partial charge in [-0.15, -0.1) is 22.7 Å². The van der Waals surface area contributed by atoms with Gasteiger partial charge < -0.3 is 5.32 Å². The molecule has 1 aliphatic heterocycles. The molecule has 1 aromatic carbocycles. The van der Waals surface area contributed by atoms with Gasteiger partial charge in [0.05, 0.1) is 6.04 Å². The van der Waals surface area contributed by atoms with Crippen LogP contribution in [0.15, 0.2) is 51.5 Å². The van der Waals surface area contributed by atoms with Crippen LogP contribution in [0, 0.1) is 6.92 Å². The molecule has 0 bridgehead atoms. The second-order valence-electron chi connectivity index (χ2n) is 7.22. The van der Waals surface area contributed by atoms with Gasteiger partial charge in [-0.05, 0) is 62.0 Å². The molecule has 1 N–H and O–H groups in total. The summed E-state index contributed by atoms with van der Waals surface area (Å²) in [6.07, 6.45) is 2.49. The second kappa shape index (κ2) is 9.89. The molecule has 1 aliphatic rings. The van der Waals surface area contributed by atoms with Crippen molar-refractivity contribution < 1.29 is 4.79 Å². The Kier molecular flexibility index (Phi) is 7.02. The summed E-state index contributed by atoms with van der Waals surface area (Å²) in [5.74, 6) is 0.866. The lowest BCUT2D eigenvalue weighted by Gasteiger charge is -2.27. The third-order valence-electron chi connectivity index (χ3n) is 5.09. The van der Waals surface area contributed by atoms with E-state index < -0.39 is 0 Å². The zero-order valence-corrected chi connectivity index (χ0v) is 18.9. The SMILES string of the molecule is Cc1csc(SCc2ccc(C(=O)NCC(c3cccs3)N3CCCC3)cc2)n1. The monoisotopic (exact) mass is 443 g/mol. The Morgan fingerprint density at radius 2 is 2.00 bits per heavy atom. The van der Waals surface area contributed by atoms with Crippen LogP contribution < -0.4 is 5.32 Å². The van der Waals surface area contributed by atoms with E-state index in [1.165, 1.54) is 23.3 Å². The number of aromatic nitrogens is 1. The molecule has 4 nitrogen and oxygen atoms in total. The minimum absolute atomic E-state index is 0.000467. The van der Waals surface area contributed by atoms with Gasteiger partial charge in [-0.2, -0.15) is 0 Å². The van der Waals surface area contributed by atoms with Crippen LogP contribution in [0.3, 0.4) is 0 Å². The maximum absolute atomic E-state index is 12.7. The van der Waals surface area contributed by atoms with Crippen LogP contribution in [-0.4, -0.2) is 35.4 Å². The molecular formula is C22H25N3OS3. The number of benzene rings is 1. The van der Waals surface area contributed by atoms with E-state index in [-0.39, 0.29) is 11.9 Å². The van der Waals surface area contributed by atoms with E-state index in [1.54, 1.807) is 34.4 Å². The van der Waals surface area contributed by atoms with Crippen LogP contribution in [0.2, 0.25) is 0 Å². The smallest absolute Gasteiger partial charge is 0.251 e. The molecule has 7 heteroatoms. The van der Waals surface area contributed by atoms with E-state index in [2.05, 4.69) is 38.1 Å². The van der Waals surface area contributed by atoms with E-state index >= 15 is 0 Å². The van der Waals surface area contributed by atoms with Crippen LogP contribution in [-0.2, 0) is 5.75 Å². The maximum Gasteiger partial charge on any atom is 0.251 e. The second-order valence-corrected chi connectivity index (χ2v) is 10.3. The van der Waals surface area contributed by atoms with Crippen molar-refractivity contribution in [3.63, 3.8) is 0 Å². The van der Waals surface area contributed by atoms with E-state index in [9.17, 15) is 4.79 Å². The van der Waals surface area contributed by atoms with Crippen LogP contribution in [0.1, 0.15) is 45.4 Å². The summed E-state index contributed by atoms with van der Waals surface area (Å²) >= 11 is 5.19. The predicted octanol–water partition coefficient (Wildman–Crippen LogP) is 5.37. The molecule has 0 aliphatic carbocycles. The summed E-state index contributed by atoms with van der Waals surface area (Å²) in [6.45, 7) is 4.90. The lowest BCUT2D eigenvalue weighted by molar-refractivity contribution is 0.0938. The summed E-state index contributed by atoms with van der Waals surface area (Å²) in [6, 6.07) is 12.5. The Morgan fingerprint density at radius 3 is 2.66 bits per heavy atom. The topological polar surface area (TPSA) is 45.2 Å². The van der Waals surface area contributed by atoms with Gasteiger partial charge in [0, 0.05) is 33.8 Å². The largest absolute Gasteiger partial charge is 0.350 e. The van der Waals surface area contributed by atoms with Gasteiger partial charge in [0.15, 0.2) is 0 Å². The van der Waals surface area contributed by atoms with Crippen molar-refractivity contribution in [3.05, 3.63) is 68.9 Å². The van der Waals surface area contributed by atoms with E-state index in [0.717, 1.165) is 34.4 Å². The highest BCUT2D eigenvalue weighted by molar-refractivity contribution is 8.00. The number of thiazole rings is 1. The summed E-state index contributed by atoms with van der Waals surface area (Å²) in [5.41, 5.74) is 2.99.